The molecule has 5 nitrogen and oxygen atoms in total. The van der Waals surface area contributed by atoms with E-state index < -0.39 is 6.10 Å². The number of carbonyl (C=O) groups excluding carboxylic acids is 1. The number of aromatic nitrogens is 1. The fourth-order valence-electron chi connectivity index (χ4n) is 1.65. The predicted molar refractivity (Wildman–Crippen MR) is 81.1 cm³/mol. The Bertz CT molecular complexity index is 554. The Labute approximate surface area is 125 Å². The van der Waals surface area contributed by atoms with E-state index in [0.717, 1.165) is 15.4 Å². The molecular formula is C13H17N3O2S2. The van der Waals surface area contributed by atoms with Crippen molar-refractivity contribution in [1.29, 1.82) is 0 Å². The number of hydrogen-bond acceptors (Lipinski definition) is 5. The Morgan fingerprint density at radius 1 is 1.55 bits per heavy atom. The summed E-state index contributed by atoms with van der Waals surface area (Å²) in [7, 11) is 0. The van der Waals surface area contributed by atoms with Crippen LogP contribution in [0.1, 0.15) is 34.5 Å². The van der Waals surface area contributed by atoms with Gasteiger partial charge in [-0.25, -0.2) is 9.78 Å². The molecule has 0 spiro atoms. The molecule has 3 N–H and O–H groups in total. The topological polar surface area (TPSA) is 74.2 Å². The molecule has 20 heavy (non-hydrogen) atoms. The standard InChI is InChI=1S/C13H17N3O2S2/c1-8-5-14-12(20-8)9(2)16-13(18)15-6-11(17)10-3-4-19-7-10/h3-5,7,9,11,17H,6H2,1-2H3,(H2,15,16,18). The van der Waals surface area contributed by atoms with Gasteiger partial charge in [-0.3, -0.25) is 0 Å². The van der Waals surface area contributed by atoms with Crippen molar-refractivity contribution in [3.63, 3.8) is 0 Å². The highest BCUT2D eigenvalue weighted by molar-refractivity contribution is 7.11. The maximum absolute atomic E-state index is 11.8. The fourth-order valence-corrected chi connectivity index (χ4v) is 3.14. The van der Waals surface area contributed by atoms with Gasteiger partial charge in [0.25, 0.3) is 0 Å². The highest BCUT2D eigenvalue weighted by Gasteiger charge is 2.14. The summed E-state index contributed by atoms with van der Waals surface area (Å²) < 4.78 is 0. The van der Waals surface area contributed by atoms with Crippen LogP contribution in [0.2, 0.25) is 0 Å². The second kappa shape index (κ2) is 6.83. The first-order valence-electron chi connectivity index (χ1n) is 6.23. The van der Waals surface area contributed by atoms with Gasteiger partial charge in [-0.1, -0.05) is 0 Å². The van der Waals surface area contributed by atoms with E-state index in [9.17, 15) is 9.90 Å². The van der Waals surface area contributed by atoms with Crippen molar-refractivity contribution in [3.8, 4) is 0 Å². The number of rotatable bonds is 5. The lowest BCUT2D eigenvalue weighted by Crippen LogP contribution is -2.39. The molecule has 0 fully saturated rings. The Morgan fingerprint density at radius 2 is 2.35 bits per heavy atom. The van der Waals surface area contributed by atoms with Crippen LogP contribution < -0.4 is 10.6 Å². The number of hydrogen-bond donors (Lipinski definition) is 3. The van der Waals surface area contributed by atoms with Gasteiger partial charge in [0.15, 0.2) is 0 Å². The molecule has 0 saturated carbocycles. The van der Waals surface area contributed by atoms with Crippen LogP contribution >= 0.6 is 22.7 Å². The smallest absolute Gasteiger partial charge is 0.315 e. The van der Waals surface area contributed by atoms with Crippen LogP contribution in [0.25, 0.3) is 0 Å². The van der Waals surface area contributed by atoms with Crippen molar-refractivity contribution in [3.05, 3.63) is 38.5 Å². The summed E-state index contributed by atoms with van der Waals surface area (Å²) in [4.78, 5) is 17.1. The molecule has 7 heteroatoms. The van der Waals surface area contributed by atoms with Crippen molar-refractivity contribution in [2.45, 2.75) is 26.0 Å². The molecule has 2 atom stereocenters. The SMILES string of the molecule is Cc1cnc(C(C)NC(=O)NCC(O)c2ccsc2)s1. The lowest BCUT2D eigenvalue weighted by molar-refractivity contribution is 0.173. The highest BCUT2D eigenvalue weighted by atomic mass is 32.1. The number of aryl methyl sites for hydroxylation is 1. The van der Waals surface area contributed by atoms with Crippen molar-refractivity contribution in [2.75, 3.05) is 6.54 Å². The second-order valence-electron chi connectivity index (χ2n) is 4.46. The summed E-state index contributed by atoms with van der Waals surface area (Å²) in [6, 6.07) is 1.39. The van der Waals surface area contributed by atoms with Gasteiger partial charge in [0, 0.05) is 17.6 Å². The first kappa shape index (κ1) is 15.0. The third kappa shape index (κ3) is 4.03. The van der Waals surface area contributed by atoms with Crippen molar-refractivity contribution in [1.82, 2.24) is 15.6 Å². The normalized spacial score (nSPS) is 13.8. The number of thiazole rings is 1. The number of nitrogens with zero attached hydrogens (tertiary/aromatic N) is 1. The minimum absolute atomic E-state index is 0.146. The lowest BCUT2D eigenvalue weighted by atomic mass is 10.2. The maximum atomic E-state index is 11.8. The first-order chi connectivity index (χ1) is 9.56. The highest BCUT2D eigenvalue weighted by Crippen LogP contribution is 2.19. The summed E-state index contributed by atoms with van der Waals surface area (Å²) in [5.74, 6) is 0. The number of aliphatic hydroxyl groups excluding tert-OH is 1. The minimum Gasteiger partial charge on any atom is -0.387 e. The molecule has 2 rings (SSSR count). The van der Waals surface area contributed by atoms with Crippen LogP contribution in [-0.2, 0) is 0 Å². The summed E-state index contributed by atoms with van der Waals surface area (Å²) in [5.41, 5.74) is 0.818. The van der Waals surface area contributed by atoms with E-state index in [-0.39, 0.29) is 18.6 Å². The molecule has 0 aliphatic carbocycles. The predicted octanol–water partition coefficient (Wildman–Crippen LogP) is 2.61. The Morgan fingerprint density at radius 3 is 2.95 bits per heavy atom. The number of thiophene rings is 1. The van der Waals surface area contributed by atoms with Gasteiger partial charge in [0.2, 0.25) is 0 Å². The summed E-state index contributed by atoms with van der Waals surface area (Å²) in [6.07, 6.45) is 1.11. The van der Waals surface area contributed by atoms with Crippen LogP contribution in [0.4, 0.5) is 4.79 Å². The molecule has 2 aromatic heterocycles. The van der Waals surface area contributed by atoms with Gasteiger partial charge in [0.1, 0.15) is 5.01 Å². The van der Waals surface area contributed by atoms with E-state index in [1.54, 1.807) is 17.5 Å². The van der Waals surface area contributed by atoms with E-state index in [0.29, 0.717) is 0 Å². The van der Waals surface area contributed by atoms with E-state index in [2.05, 4.69) is 15.6 Å². The molecule has 2 heterocycles. The van der Waals surface area contributed by atoms with E-state index in [1.807, 2.05) is 30.7 Å². The third-order valence-electron chi connectivity index (χ3n) is 2.74. The van der Waals surface area contributed by atoms with Crippen LogP contribution in [0.5, 0.6) is 0 Å². The Kier molecular flexibility index (Phi) is 5.11. The van der Waals surface area contributed by atoms with Gasteiger partial charge in [-0.2, -0.15) is 11.3 Å². The second-order valence-corrected chi connectivity index (χ2v) is 6.50. The van der Waals surface area contributed by atoms with Gasteiger partial charge >= 0.3 is 6.03 Å². The molecule has 0 radical (unpaired) electrons. The summed E-state index contributed by atoms with van der Waals surface area (Å²) in [5, 5.41) is 20.0. The van der Waals surface area contributed by atoms with Gasteiger partial charge in [0.05, 0.1) is 12.1 Å². The third-order valence-corrected chi connectivity index (χ3v) is 4.54. The molecule has 0 saturated heterocycles. The monoisotopic (exact) mass is 311 g/mol. The summed E-state index contributed by atoms with van der Waals surface area (Å²) in [6.45, 7) is 4.05. The zero-order chi connectivity index (χ0) is 14.5. The Balaban J connectivity index is 1.78. The molecule has 2 aromatic rings. The lowest BCUT2D eigenvalue weighted by Gasteiger charge is -2.14. The molecule has 0 bridgehead atoms. The van der Waals surface area contributed by atoms with Crippen LogP contribution in [0.3, 0.4) is 0 Å². The van der Waals surface area contributed by atoms with Crippen LogP contribution in [-0.4, -0.2) is 22.7 Å². The minimum atomic E-state index is -0.676. The molecule has 0 aliphatic heterocycles. The fraction of sp³-hybridized carbons (Fsp3) is 0.385. The van der Waals surface area contributed by atoms with Crippen molar-refractivity contribution >= 4 is 28.7 Å². The van der Waals surface area contributed by atoms with Gasteiger partial charge in [-0.05, 0) is 36.2 Å². The number of urea groups is 1. The molecule has 0 aromatic carbocycles. The number of aliphatic hydroxyl groups is 1. The largest absolute Gasteiger partial charge is 0.387 e. The van der Waals surface area contributed by atoms with Gasteiger partial charge in [-0.15, -0.1) is 11.3 Å². The molecule has 2 unspecified atom stereocenters. The van der Waals surface area contributed by atoms with Crippen LogP contribution in [0, 0.1) is 6.92 Å². The van der Waals surface area contributed by atoms with Gasteiger partial charge < -0.3 is 15.7 Å². The van der Waals surface area contributed by atoms with E-state index in [1.165, 1.54) is 11.3 Å². The van der Waals surface area contributed by atoms with Crippen molar-refractivity contribution in [2.24, 2.45) is 0 Å². The van der Waals surface area contributed by atoms with Crippen LogP contribution in [0.15, 0.2) is 23.0 Å². The average Bonchev–Trinajstić information content (AvgIpc) is 3.06. The van der Waals surface area contributed by atoms with Crippen molar-refractivity contribution < 1.29 is 9.90 Å². The Hall–Kier alpha value is -1.44. The maximum Gasteiger partial charge on any atom is 0.315 e. The zero-order valence-corrected chi connectivity index (χ0v) is 12.9. The quantitative estimate of drug-likeness (QED) is 0.794. The number of nitrogens with one attached hydrogen (secondary N) is 2. The number of carbonyl (C=O) groups is 1. The molecule has 2 amide bonds. The first-order valence-corrected chi connectivity index (χ1v) is 7.99. The zero-order valence-electron chi connectivity index (χ0n) is 11.3. The van der Waals surface area contributed by atoms with E-state index in [4.69, 9.17) is 0 Å². The molecular weight excluding hydrogens is 294 g/mol. The summed E-state index contributed by atoms with van der Waals surface area (Å²) >= 11 is 3.08. The van der Waals surface area contributed by atoms with E-state index >= 15 is 0 Å². The number of amides is 2. The average molecular weight is 311 g/mol. The molecule has 108 valence electrons. The molecule has 0 aliphatic rings.